The van der Waals surface area contributed by atoms with Gasteiger partial charge in [0, 0.05) is 18.3 Å². The standard InChI is InChI=1S/C13H19N3O3/c1-3-6-16(9-4-5-9)13(19)15-10-7-8(2)14-11(10)12(17)18/h7,9,14H,3-6H2,1-2H3,(H,15,19)(H,17,18). The first kappa shape index (κ1) is 13.5. The molecule has 0 spiro atoms. The number of urea groups is 1. The minimum Gasteiger partial charge on any atom is -0.477 e. The van der Waals surface area contributed by atoms with Crippen molar-refractivity contribution < 1.29 is 14.7 Å². The quantitative estimate of drug-likeness (QED) is 0.764. The van der Waals surface area contributed by atoms with Crippen LogP contribution in [0.4, 0.5) is 10.5 Å². The molecule has 1 saturated carbocycles. The number of aromatic carboxylic acids is 1. The number of anilines is 1. The van der Waals surface area contributed by atoms with Crippen LogP contribution in [0.2, 0.25) is 0 Å². The third kappa shape index (κ3) is 3.07. The zero-order valence-electron chi connectivity index (χ0n) is 11.2. The van der Waals surface area contributed by atoms with Crippen LogP contribution < -0.4 is 5.32 Å². The molecular weight excluding hydrogens is 246 g/mol. The number of aryl methyl sites for hydroxylation is 1. The van der Waals surface area contributed by atoms with Crippen molar-refractivity contribution in [2.45, 2.75) is 39.2 Å². The fourth-order valence-corrected chi connectivity index (χ4v) is 2.12. The van der Waals surface area contributed by atoms with Crippen molar-refractivity contribution in [1.29, 1.82) is 0 Å². The summed E-state index contributed by atoms with van der Waals surface area (Å²) in [5.74, 6) is -1.07. The number of carbonyl (C=O) groups excluding carboxylic acids is 1. The highest BCUT2D eigenvalue weighted by molar-refractivity contribution is 5.99. The van der Waals surface area contributed by atoms with Crippen molar-refractivity contribution in [1.82, 2.24) is 9.88 Å². The first-order valence-corrected chi connectivity index (χ1v) is 6.53. The maximum atomic E-state index is 12.2. The van der Waals surface area contributed by atoms with Crippen LogP contribution in [0.25, 0.3) is 0 Å². The van der Waals surface area contributed by atoms with Gasteiger partial charge in [-0.15, -0.1) is 0 Å². The van der Waals surface area contributed by atoms with Crippen LogP contribution in [-0.4, -0.2) is 39.6 Å². The van der Waals surface area contributed by atoms with Crippen molar-refractivity contribution in [2.75, 3.05) is 11.9 Å². The summed E-state index contributed by atoms with van der Waals surface area (Å²) >= 11 is 0. The van der Waals surface area contributed by atoms with E-state index in [2.05, 4.69) is 10.3 Å². The van der Waals surface area contributed by atoms with E-state index in [0.29, 0.717) is 24.0 Å². The number of nitrogens with zero attached hydrogens (tertiary/aromatic N) is 1. The van der Waals surface area contributed by atoms with Crippen LogP contribution in [0.3, 0.4) is 0 Å². The third-order valence-corrected chi connectivity index (χ3v) is 3.12. The van der Waals surface area contributed by atoms with Crippen LogP contribution in [0.5, 0.6) is 0 Å². The van der Waals surface area contributed by atoms with E-state index in [1.807, 2.05) is 6.92 Å². The van der Waals surface area contributed by atoms with Gasteiger partial charge in [0.1, 0.15) is 5.69 Å². The summed E-state index contributed by atoms with van der Waals surface area (Å²) in [5, 5.41) is 11.8. The number of carboxylic acids is 1. The molecule has 1 fully saturated rings. The van der Waals surface area contributed by atoms with E-state index in [0.717, 1.165) is 19.3 Å². The molecule has 104 valence electrons. The molecule has 1 aliphatic carbocycles. The number of amides is 2. The minimum absolute atomic E-state index is 0.0260. The molecule has 0 radical (unpaired) electrons. The Bertz CT molecular complexity index is 491. The lowest BCUT2D eigenvalue weighted by Crippen LogP contribution is -2.37. The third-order valence-electron chi connectivity index (χ3n) is 3.12. The number of hydrogen-bond acceptors (Lipinski definition) is 2. The predicted octanol–water partition coefficient (Wildman–Crippen LogP) is 2.43. The van der Waals surface area contributed by atoms with Crippen LogP contribution in [-0.2, 0) is 0 Å². The molecular formula is C13H19N3O3. The average Bonchev–Trinajstić information content (AvgIpc) is 3.10. The number of nitrogens with one attached hydrogen (secondary N) is 2. The summed E-state index contributed by atoms with van der Waals surface area (Å²) in [5.41, 5.74) is 1.07. The van der Waals surface area contributed by atoms with Gasteiger partial charge in [-0.1, -0.05) is 6.92 Å². The van der Waals surface area contributed by atoms with Gasteiger partial charge in [0.05, 0.1) is 5.69 Å². The first-order valence-electron chi connectivity index (χ1n) is 6.53. The number of carbonyl (C=O) groups is 2. The second-order valence-electron chi connectivity index (χ2n) is 4.90. The van der Waals surface area contributed by atoms with E-state index < -0.39 is 5.97 Å². The van der Waals surface area contributed by atoms with Gasteiger partial charge < -0.3 is 20.3 Å². The predicted molar refractivity (Wildman–Crippen MR) is 71.5 cm³/mol. The van der Waals surface area contributed by atoms with E-state index in [1.54, 1.807) is 17.9 Å². The second-order valence-corrected chi connectivity index (χ2v) is 4.90. The zero-order chi connectivity index (χ0) is 14.0. The van der Waals surface area contributed by atoms with Crippen LogP contribution >= 0.6 is 0 Å². The molecule has 0 aliphatic heterocycles. The molecule has 1 aromatic heterocycles. The molecule has 0 unspecified atom stereocenters. The number of hydrogen-bond donors (Lipinski definition) is 3. The topological polar surface area (TPSA) is 85.4 Å². The average molecular weight is 265 g/mol. The lowest BCUT2D eigenvalue weighted by molar-refractivity contribution is 0.0692. The Kier molecular flexibility index (Phi) is 3.78. The molecule has 0 saturated heterocycles. The highest BCUT2D eigenvalue weighted by Gasteiger charge is 2.32. The van der Waals surface area contributed by atoms with Gasteiger partial charge in [-0.05, 0) is 32.3 Å². The fourth-order valence-electron chi connectivity index (χ4n) is 2.12. The lowest BCUT2D eigenvalue weighted by atomic mass is 10.3. The van der Waals surface area contributed by atoms with E-state index in [1.165, 1.54) is 0 Å². The summed E-state index contributed by atoms with van der Waals surface area (Å²) in [6.07, 6.45) is 2.96. The molecule has 19 heavy (non-hydrogen) atoms. The van der Waals surface area contributed by atoms with Crippen LogP contribution in [0, 0.1) is 6.92 Å². The van der Waals surface area contributed by atoms with E-state index >= 15 is 0 Å². The number of H-pyrrole nitrogens is 1. The molecule has 6 heteroatoms. The molecule has 2 rings (SSSR count). The number of rotatable bonds is 5. The van der Waals surface area contributed by atoms with Gasteiger partial charge in [0.15, 0.2) is 0 Å². The van der Waals surface area contributed by atoms with Gasteiger partial charge in [-0.2, -0.15) is 0 Å². The van der Waals surface area contributed by atoms with E-state index in [-0.39, 0.29) is 11.7 Å². The highest BCUT2D eigenvalue weighted by Crippen LogP contribution is 2.28. The van der Waals surface area contributed by atoms with Gasteiger partial charge in [0.25, 0.3) is 0 Å². The Morgan fingerprint density at radius 2 is 2.21 bits per heavy atom. The Hall–Kier alpha value is -1.98. The maximum absolute atomic E-state index is 12.2. The second kappa shape index (κ2) is 5.34. The smallest absolute Gasteiger partial charge is 0.354 e. The summed E-state index contributed by atoms with van der Waals surface area (Å²) in [7, 11) is 0. The number of carboxylic acid groups (broad SMARTS) is 1. The molecule has 0 aromatic carbocycles. The largest absolute Gasteiger partial charge is 0.477 e. The number of aromatic amines is 1. The number of aromatic nitrogens is 1. The van der Waals surface area contributed by atoms with Crippen molar-refractivity contribution in [2.24, 2.45) is 0 Å². The van der Waals surface area contributed by atoms with Crippen molar-refractivity contribution in [3.63, 3.8) is 0 Å². The Balaban J connectivity index is 2.11. The van der Waals surface area contributed by atoms with Gasteiger partial charge in [-0.3, -0.25) is 0 Å². The lowest BCUT2D eigenvalue weighted by Gasteiger charge is -2.22. The van der Waals surface area contributed by atoms with Crippen molar-refractivity contribution in [3.05, 3.63) is 17.5 Å². The molecule has 0 bridgehead atoms. The van der Waals surface area contributed by atoms with Crippen molar-refractivity contribution >= 4 is 17.7 Å². The van der Waals surface area contributed by atoms with Gasteiger partial charge >= 0.3 is 12.0 Å². The van der Waals surface area contributed by atoms with Gasteiger partial charge in [-0.25, -0.2) is 9.59 Å². The SMILES string of the molecule is CCCN(C(=O)Nc1cc(C)[nH]c1C(=O)O)C1CC1. The maximum Gasteiger partial charge on any atom is 0.354 e. The van der Waals surface area contributed by atoms with E-state index in [4.69, 9.17) is 5.11 Å². The summed E-state index contributed by atoms with van der Waals surface area (Å²) in [6, 6.07) is 1.73. The van der Waals surface area contributed by atoms with Crippen LogP contribution in [0.1, 0.15) is 42.4 Å². The van der Waals surface area contributed by atoms with Crippen molar-refractivity contribution in [3.8, 4) is 0 Å². The Morgan fingerprint density at radius 3 is 2.74 bits per heavy atom. The molecule has 1 aliphatic rings. The normalized spacial score (nSPS) is 14.2. The monoisotopic (exact) mass is 265 g/mol. The summed E-state index contributed by atoms with van der Waals surface area (Å²) < 4.78 is 0. The summed E-state index contributed by atoms with van der Waals surface area (Å²) in [4.78, 5) is 27.8. The molecule has 2 amide bonds. The molecule has 1 aromatic rings. The molecule has 3 N–H and O–H groups in total. The summed E-state index contributed by atoms with van der Waals surface area (Å²) in [6.45, 7) is 4.47. The minimum atomic E-state index is -1.07. The molecule has 0 atom stereocenters. The zero-order valence-corrected chi connectivity index (χ0v) is 11.2. The van der Waals surface area contributed by atoms with Crippen LogP contribution in [0.15, 0.2) is 6.07 Å². The molecule has 6 nitrogen and oxygen atoms in total. The van der Waals surface area contributed by atoms with E-state index in [9.17, 15) is 9.59 Å². The highest BCUT2D eigenvalue weighted by atomic mass is 16.4. The molecule has 1 heterocycles. The first-order chi connectivity index (χ1) is 9.02. The Labute approximate surface area is 111 Å². The van der Waals surface area contributed by atoms with Gasteiger partial charge in [0.2, 0.25) is 0 Å². The Morgan fingerprint density at radius 1 is 1.53 bits per heavy atom. The fraction of sp³-hybridized carbons (Fsp3) is 0.538.